The predicted molar refractivity (Wildman–Crippen MR) is 97.5 cm³/mol. The van der Waals surface area contributed by atoms with Gasteiger partial charge in [-0.05, 0) is 36.8 Å². The number of hydrogen-bond donors (Lipinski definition) is 1. The van der Waals surface area contributed by atoms with E-state index in [9.17, 15) is 0 Å². The van der Waals surface area contributed by atoms with Gasteiger partial charge in [-0.3, -0.25) is 4.99 Å². The molecule has 0 aliphatic carbocycles. The van der Waals surface area contributed by atoms with Crippen molar-refractivity contribution in [3.05, 3.63) is 47.7 Å². The Labute approximate surface area is 146 Å². The lowest BCUT2D eigenvalue weighted by Crippen LogP contribution is -2.01. The fourth-order valence-corrected chi connectivity index (χ4v) is 2.55. The van der Waals surface area contributed by atoms with Gasteiger partial charge in [-0.15, -0.1) is 0 Å². The fraction of sp³-hybridized carbons (Fsp3) is 0.211. The first kappa shape index (κ1) is 16.5. The summed E-state index contributed by atoms with van der Waals surface area (Å²) in [5, 5.41) is 12.3. The summed E-state index contributed by atoms with van der Waals surface area (Å²) in [5.41, 5.74) is 3.39. The van der Waals surface area contributed by atoms with Gasteiger partial charge in [-0.25, -0.2) is 0 Å². The van der Waals surface area contributed by atoms with E-state index < -0.39 is 0 Å². The number of anilines is 2. The van der Waals surface area contributed by atoms with Crippen LogP contribution < -0.4 is 14.8 Å². The summed E-state index contributed by atoms with van der Waals surface area (Å²) < 4.78 is 10.9. The van der Waals surface area contributed by atoms with Gasteiger partial charge in [0, 0.05) is 36.2 Å². The molecule has 0 saturated carbocycles. The third-order valence-electron chi connectivity index (χ3n) is 3.73. The van der Waals surface area contributed by atoms with Gasteiger partial charge in [0.05, 0.1) is 13.7 Å². The number of pyridine rings is 1. The molecular formula is C19H18N4O2. The molecule has 2 heterocycles. The summed E-state index contributed by atoms with van der Waals surface area (Å²) in [7, 11) is 1.64. The monoisotopic (exact) mass is 334 g/mol. The minimum atomic E-state index is 0.326. The van der Waals surface area contributed by atoms with Gasteiger partial charge < -0.3 is 14.8 Å². The van der Waals surface area contributed by atoms with Crippen LogP contribution in [0, 0.1) is 11.3 Å². The van der Waals surface area contributed by atoms with Gasteiger partial charge in [0.1, 0.15) is 23.2 Å². The van der Waals surface area contributed by atoms with Gasteiger partial charge in [0.25, 0.3) is 0 Å². The molecule has 3 rings (SSSR count). The predicted octanol–water partition coefficient (Wildman–Crippen LogP) is 3.92. The Balaban J connectivity index is 1.86. The molecule has 0 atom stereocenters. The number of nitriles is 1. The largest absolute Gasteiger partial charge is 0.496 e. The summed E-state index contributed by atoms with van der Waals surface area (Å²) in [6.07, 6.45) is 4.52. The number of allylic oxidation sites excluding steroid dienone is 1. The number of benzene rings is 1. The van der Waals surface area contributed by atoms with Gasteiger partial charge in [0.2, 0.25) is 5.88 Å². The van der Waals surface area contributed by atoms with E-state index in [1.807, 2.05) is 37.5 Å². The molecule has 126 valence electrons. The van der Waals surface area contributed by atoms with E-state index in [1.54, 1.807) is 19.2 Å². The average molecular weight is 334 g/mol. The highest BCUT2D eigenvalue weighted by atomic mass is 16.5. The fourth-order valence-electron chi connectivity index (χ4n) is 2.55. The minimum absolute atomic E-state index is 0.326. The van der Waals surface area contributed by atoms with Gasteiger partial charge >= 0.3 is 0 Å². The molecule has 1 N–H and O–H groups in total. The number of aromatic nitrogens is 1. The van der Waals surface area contributed by atoms with Crippen molar-refractivity contribution in [2.45, 2.75) is 13.3 Å². The Morgan fingerprint density at radius 1 is 1.28 bits per heavy atom. The Morgan fingerprint density at radius 2 is 2.16 bits per heavy atom. The number of methoxy groups -OCH3 is 1. The summed E-state index contributed by atoms with van der Waals surface area (Å²) in [6.45, 7) is 2.30. The van der Waals surface area contributed by atoms with E-state index in [4.69, 9.17) is 14.7 Å². The van der Waals surface area contributed by atoms with Crippen molar-refractivity contribution < 1.29 is 9.47 Å². The zero-order chi connectivity index (χ0) is 17.6. The summed E-state index contributed by atoms with van der Waals surface area (Å²) in [5.74, 6) is 1.69. The van der Waals surface area contributed by atoms with E-state index in [2.05, 4.69) is 21.4 Å². The lowest BCUT2D eigenvalue weighted by atomic mass is 10.0. The Bertz CT molecular complexity index is 881. The maximum Gasteiger partial charge on any atom is 0.233 e. The average Bonchev–Trinajstić information content (AvgIpc) is 3.16. The third-order valence-corrected chi connectivity index (χ3v) is 3.73. The van der Waals surface area contributed by atoms with Crippen molar-refractivity contribution in [3.63, 3.8) is 0 Å². The van der Waals surface area contributed by atoms with E-state index in [0.717, 1.165) is 29.0 Å². The van der Waals surface area contributed by atoms with Crippen LogP contribution in [0.2, 0.25) is 0 Å². The third kappa shape index (κ3) is 3.61. The summed E-state index contributed by atoms with van der Waals surface area (Å²) >= 11 is 0. The number of rotatable bonds is 6. The van der Waals surface area contributed by atoms with Crippen LogP contribution in [0.15, 0.2) is 41.5 Å². The highest BCUT2D eigenvalue weighted by Crippen LogP contribution is 2.33. The molecule has 0 amide bonds. The van der Waals surface area contributed by atoms with Crippen LogP contribution in [0.4, 0.5) is 11.5 Å². The number of nitrogens with one attached hydrogen (secondary N) is 1. The second kappa shape index (κ2) is 7.49. The molecule has 6 nitrogen and oxygen atoms in total. The number of nitrogens with zero attached hydrogens (tertiary/aromatic N) is 3. The highest BCUT2D eigenvalue weighted by Gasteiger charge is 2.12. The first-order valence-corrected chi connectivity index (χ1v) is 7.95. The molecule has 1 aliphatic rings. The number of ether oxygens (including phenoxy) is 2. The first-order valence-electron chi connectivity index (χ1n) is 7.95. The molecule has 0 unspecified atom stereocenters. The molecule has 6 heteroatoms. The maximum atomic E-state index is 9.11. The lowest BCUT2D eigenvalue weighted by molar-refractivity contribution is 0.326. The number of hydrogen-bond acceptors (Lipinski definition) is 6. The van der Waals surface area contributed by atoms with Crippen LogP contribution >= 0.6 is 0 Å². The first-order chi connectivity index (χ1) is 12.2. The van der Waals surface area contributed by atoms with Crippen molar-refractivity contribution in [1.29, 1.82) is 5.26 Å². The lowest BCUT2D eigenvalue weighted by Gasteiger charge is -2.13. The van der Waals surface area contributed by atoms with Crippen LogP contribution in [0.1, 0.15) is 24.5 Å². The molecule has 2 aromatic rings. The zero-order valence-corrected chi connectivity index (χ0v) is 14.1. The molecule has 0 radical (unpaired) electrons. The topological polar surface area (TPSA) is 79.5 Å². The second-order valence-corrected chi connectivity index (χ2v) is 5.32. The molecule has 0 saturated heterocycles. The zero-order valence-electron chi connectivity index (χ0n) is 14.1. The number of aliphatic imine (C=N–C) groups is 1. The van der Waals surface area contributed by atoms with Crippen molar-refractivity contribution in [2.75, 3.05) is 19.0 Å². The molecule has 0 fully saturated rings. The second-order valence-electron chi connectivity index (χ2n) is 5.32. The highest BCUT2D eigenvalue weighted by molar-refractivity contribution is 5.86. The van der Waals surface area contributed by atoms with E-state index in [0.29, 0.717) is 23.9 Å². The van der Waals surface area contributed by atoms with Crippen molar-refractivity contribution in [3.8, 4) is 17.7 Å². The van der Waals surface area contributed by atoms with Crippen LogP contribution in [-0.4, -0.2) is 24.9 Å². The Kier molecular flexibility index (Phi) is 4.95. The van der Waals surface area contributed by atoms with Crippen LogP contribution in [0.5, 0.6) is 11.6 Å². The van der Waals surface area contributed by atoms with Gasteiger partial charge in [-0.1, -0.05) is 0 Å². The van der Waals surface area contributed by atoms with E-state index in [-0.39, 0.29) is 0 Å². The molecule has 1 aromatic carbocycles. The molecule has 0 spiro atoms. The molecule has 0 bridgehead atoms. The SMILES string of the molecule is CCOc1nc(Nc2ccc(C3=CN=CC3)c(OC)c2)ccc1C#N. The van der Waals surface area contributed by atoms with Crippen LogP contribution in [-0.2, 0) is 0 Å². The van der Waals surface area contributed by atoms with Gasteiger partial charge in [0.15, 0.2) is 0 Å². The van der Waals surface area contributed by atoms with Crippen molar-refractivity contribution in [1.82, 2.24) is 4.98 Å². The quantitative estimate of drug-likeness (QED) is 0.866. The van der Waals surface area contributed by atoms with Crippen molar-refractivity contribution in [2.24, 2.45) is 4.99 Å². The maximum absolute atomic E-state index is 9.11. The van der Waals surface area contributed by atoms with E-state index in [1.165, 1.54) is 0 Å². The minimum Gasteiger partial charge on any atom is -0.496 e. The Hall–Kier alpha value is -3.33. The summed E-state index contributed by atoms with van der Waals surface area (Å²) in [4.78, 5) is 8.50. The molecular weight excluding hydrogens is 316 g/mol. The molecule has 25 heavy (non-hydrogen) atoms. The van der Waals surface area contributed by atoms with Crippen LogP contribution in [0.3, 0.4) is 0 Å². The smallest absolute Gasteiger partial charge is 0.233 e. The van der Waals surface area contributed by atoms with Crippen LogP contribution in [0.25, 0.3) is 5.57 Å². The molecule has 1 aliphatic heterocycles. The van der Waals surface area contributed by atoms with Crippen molar-refractivity contribution >= 4 is 23.3 Å². The Morgan fingerprint density at radius 3 is 2.84 bits per heavy atom. The van der Waals surface area contributed by atoms with Gasteiger partial charge in [-0.2, -0.15) is 10.2 Å². The summed E-state index contributed by atoms with van der Waals surface area (Å²) in [6, 6.07) is 11.4. The standard InChI is InChI=1S/C19H18N4O2/c1-3-25-19-13(11-20)4-7-18(23-19)22-15-5-6-16(17(10-15)24-2)14-8-9-21-12-14/h4-7,9-10,12H,3,8H2,1-2H3,(H,22,23). The normalized spacial score (nSPS) is 12.4. The molecule has 1 aromatic heterocycles. The van der Waals surface area contributed by atoms with E-state index >= 15 is 0 Å².